The predicted octanol–water partition coefficient (Wildman–Crippen LogP) is 3.03. The number of benzene rings is 2. The van der Waals surface area contributed by atoms with Crippen molar-refractivity contribution in [2.45, 2.75) is 0 Å². The van der Waals surface area contributed by atoms with Crippen LogP contribution in [0.2, 0.25) is 0 Å². The molecule has 0 bridgehead atoms. The van der Waals surface area contributed by atoms with Gasteiger partial charge in [-0.2, -0.15) is 0 Å². The summed E-state index contributed by atoms with van der Waals surface area (Å²) in [5.41, 5.74) is 2.91. The summed E-state index contributed by atoms with van der Waals surface area (Å²) in [4.78, 5) is 0. The van der Waals surface area contributed by atoms with Gasteiger partial charge in [-0.25, -0.2) is 0 Å². The molecule has 0 radical (unpaired) electrons. The van der Waals surface area contributed by atoms with Gasteiger partial charge in [0, 0.05) is 0 Å². The quantitative estimate of drug-likeness (QED) is 0.767. The first kappa shape index (κ1) is 11.5. The Morgan fingerprint density at radius 2 is 1.33 bits per heavy atom. The summed E-state index contributed by atoms with van der Waals surface area (Å²) in [5, 5.41) is 0. The number of nitrogens with zero attached hydrogens (tertiary/aromatic N) is 1. The van der Waals surface area contributed by atoms with Crippen LogP contribution in [0.15, 0.2) is 70.0 Å². The van der Waals surface area contributed by atoms with Gasteiger partial charge in [0.1, 0.15) is 0 Å². The average Bonchev–Trinajstić information content (AvgIpc) is 2.83. The van der Waals surface area contributed by atoms with Gasteiger partial charge in [-0.3, -0.25) is 0 Å². The Bertz CT molecular complexity index is 604. The van der Waals surface area contributed by atoms with Gasteiger partial charge in [-0.1, -0.05) is 0 Å². The molecule has 3 heteroatoms. The van der Waals surface area contributed by atoms with Crippen molar-refractivity contribution in [2.75, 3.05) is 0 Å². The summed E-state index contributed by atoms with van der Waals surface area (Å²) in [5.74, 6) is 0. The van der Waals surface area contributed by atoms with Crippen LogP contribution in [-0.4, -0.2) is 25.5 Å². The minimum atomic E-state index is -2.73. The van der Waals surface area contributed by atoms with Crippen molar-refractivity contribution in [1.82, 2.24) is 0 Å². The van der Waals surface area contributed by atoms with E-state index in [1.54, 1.807) is 0 Å². The molecule has 2 aromatic rings. The van der Waals surface area contributed by atoms with Gasteiger partial charge in [0.25, 0.3) is 0 Å². The third kappa shape index (κ3) is 2.20. The number of hydrogen-bond donors (Lipinski definition) is 0. The SMILES string of the molecule is O=[Te]1N=C(c2ccccc2)C=C1c1ccccc1. The van der Waals surface area contributed by atoms with Crippen molar-refractivity contribution in [3.8, 4) is 0 Å². The molecule has 0 fully saturated rings. The van der Waals surface area contributed by atoms with Crippen molar-refractivity contribution in [3.63, 3.8) is 0 Å². The van der Waals surface area contributed by atoms with Crippen molar-refractivity contribution < 1.29 is 3.10 Å². The zero-order valence-corrected chi connectivity index (χ0v) is 11.9. The molecule has 88 valence electrons. The van der Waals surface area contributed by atoms with Gasteiger partial charge in [-0.15, -0.1) is 0 Å². The standard InChI is InChI=1S/C15H11NOTe/c17-18-15(13-9-5-2-6-10-13)11-14(16-18)12-7-3-1-4-8-12/h1-11H. The van der Waals surface area contributed by atoms with Crippen LogP contribution in [-0.2, 0) is 3.10 Å². The minimum absolute atomic E-state index is 0.848. The Hall–Kier alpha value is -1.56. The molecule has 0 atom stereocenters. The molecule has 0 N–H and O–H groups in total. The van der Waals surface area contributed by atoms with Crippen LogP contribution in [0.1, 0.15) is 11.1 Å². The van der Waals surface area contributed by atoms with Crippen LogP contribution >= 0.6 is 0 Å². The molecule has 0 saturated carbocycles. The molecular weight excluding hydrogens is 338 g/mol. The topological polar surface area (TPSA) is 29.4 Å². The first-order chi connectivity index (χ1) is 8.84. The van der Waals surface area contributed by atoms with E-state index in [0.717, 1.165) is 20.5 Å². The summed E-state index contributed by atoms with van der Waals surface area (Å²) >= 11 is -2.73. The summed E-state index contributed by atoms with van der Waals surface area (Å²) in [6.07, 6.45) is 1.97. The summed E-state index contributed by atoms with van der Waals surface area (Å²) in [6, 6.07) is 19.8. The van der Waals surface area contributed by atoms with Crippen LogP contribution in [0.25, 0.3) is 3.62 Å². The van der Waals surface area contributed by atoms with E-state index in [-0.39, 0.29) is 0 Å². The molecular formula is C15H11NOTe. The van der Waals surface area contributed by atoms with E-state index in [0.29, 0.717) is 0 Å². The Morgan fingerprint density at radius 1 is 0.778 bits per heavy atom. The molecule has 0 unspecified atom stereocenters. The second-order valence-electron chi connectivity index (χ2n) is 3.97. The molecule has 0 spiro atoms. The first-order valence-electron chi connectivity index (χ1n) is 5.68. The van der Waals surface area contributed by atoms with Crippen molar-refractivity contribution >= 4 is 29.1 Å². The molecule has 0 aromatic heterocycles. The molecule has 0 aliphatic carbocycles. The third-order valence-corrected chi connectivity index (χ3v) is 5.88. The first-order valence-corrected chi connectivity index (χ1v) is 8.83. The molecule has 1 heterocycles. The normalized spacial score (nSPS) is 15.3. The maximum absolute atomic E-state index is 12.2. The molecule has 0 saturated heterocycles. The van der Waals surface area contributed by atoms with E-state index in [1.807, 2.05) is 66.7 Å². The summed E-state index contributed by atoms with van der Waals surface area (Å²) < 4.78 is 17.4. The molecule has 1 aliphatic heterocycles. The van der Waals surface area contributed by atoms with Crippen LogP contribution in [0.4, 0.5) is 0 Å². The van der Waals surface area contributed by atoms with Gasteiger partial charge >= 0.3 is 113 Å². The van der Waals surface area contributed by atoms with Gasteiger partial charge in [-0.05, 0) is 0 Å². The van der Waals surface area contributed by atoms with Gasteiger partial charge < -0.3 is 0 Å². The fourth-order valence-electron chi connectivity index (χ4n) is 1.87. The summed E-state index contributed by atoms with van der Waals surface area (Å²) in [7, 11) is 0. The van der Waals surface area contributed by atoms with Gasteiger partial charge in [0.05, 0.1) is 0 Å². The Labute approximate surface area is 113 Å². The van der Waals surface area contributed by atoms with Crippen molar-refractivity contribution in [3.05, 3.63) is 77.9 Å². The average molecular weight is 349 g/mol. The Balaban J connectivity index is 2.00. The van der Waals surface area contributed by atoms with Crippen LogP contribution in [0.3, 0.4) is 0 Å². The van der Waals surface area contributed by atoms with E-state index in [2.05, 4.69) is 3.24 Å². The fourth-order valence-corrected chi connectivity index (χ4v) is 4.68. The van der Waals surface area contributed by atoms with E-state index in [9.17, 15) is 3.10 Å². The Morgan fingerprint density at radius 3 is 1.94 bits per heavy atom. The fraction of sp³-hybridized carbons (Fsp3) is 0. The second kappa shape index (κ2) is 4.97. The van der Waals surface area contributed by atoms with Crippen LogP contribution < -0.4 is 0 Å². The number of rotatable bonds is 2. The molecule has 1 aliphatic rings. The van der Waals surface area contributed by atoms with Crippen molar-refractivity contribution in [1.29, 1.82) is 0 Å². The zero-order chi connectivity index (χ0) is 12.4. The van der Waals surface area contributed by atoms with Crippen molar-refractivity contribution in [2.24, 2.45) is 3.24 Å². The number of allylic oxidation sites excluding steroid dienone is 1. The molecule has 3 rings (SSSR count). The van der Waals surface area contributed by atoms with E-state index in [1.165, 1.54) is 0 Å². The van der Waals surface area contributed by atoms with E-state index < -0.39 is 19.8 Å². The monoisotopic (exact) mass is 351 g/mol. The number of hydrogen-bond acceptors (Lipinski definition) is 1. The van der Waals surface area contributed by atoms with E-state index >= 15 is 0 Å². The Kier molecular flexibility index (Phi) is 3.19. The van der Waals surface area contributed by atoms with Crippen LogP contribution in [0, 0.1) is 0 Å². The third-order valence-electron chi connectivity index (χ3n) is 2.77. The van der Waals surface area contributed by atoms with E-state index in [4.69, 9.17) is 0 Å². The molecule has 0 amide bonds. The maximum atomic E-state index is 12.2. The van der Waals surface area contributed by atoms with Gasteiger partial charge in [0.2, 0.25) is 0 Å². The zero-order valence-electron chi connectivity index (χ0n) is 9.61. The molecule has 2 nitrogen and oxygen atoms in total. The molecule has 2 aromatic carbocycles. The molecule has 18 heavy (non-hydrogen) atoms. The predicted molar refractivity (Wildman–Crippen MR) is 73.8 cm³/mol. The van der Waals surface area contributed by atoms with Crippen LogP contribution in [0.5, 0.6) is 0 Å². The second-order valence-corrected chi connectivity index (χ2v) is 7.16. The van der Waals surface area contributed by atoms with Gasteiger partial charge in [0.15, 0.2) is 0 Å². The summed E-state index contributed by atoms with van der Waals surface area (Å²) in [6.45, 7) is 0.